The van der Waals surface area contributed by atoms with Crippen molar-refractivity contribution in [2.24, 2.45) is 5.73 Å². The fraction of sp³-hybridized carbons (Fsp3) is 0.800. The second-order valence-electron chi connectivity index (χ2n) is 2.31. The first-order valence-electron chi connectivity index (χ1n) is 3.35. The second kappa shape index (κ2) is 5.07. The molecule has 0 aromatic carbocycles. The van der Waals surface area contributed by atoms with E-state index in [1.165, 1.54) is 0 Å². The first-order chi connectivity index (χ1) is 5.42. The molecule has 0 aromatic heterocycles. The molecule has 4 N–H and O–H groups in total. The van der Waals surface area contributed by atoms with Gasteiger partial charge in [0.2, 0.25) is 15.9 Å². The Morgan fingerprint density at radius 2 is 2.00 bits per heavy atom. The fourth-order valence-electron chi connectivity index (χ4n) is 0.536. The Labute approximate surface area is 71.6 Å². The monoisotopic (exact) mass is 195 g/mol. The van der Waals surface area contributed by atoms with E-state index in [0.717, 1.165) is 6.26 Å². The third-order valence-electron chi connectivity index (χ3n) is 0.965. The van der Waals surface area contributed by atoms with Crippen LogP contribution in [0.4, 0.5) is 0 Å². The van der Waals surface area contributed by atoms with E-state index in [0.29, 0.717) is 6.54 Å². The number of rotatable bonds is 6. The minimum atomic E-state index is -3.13. The lowest BCUT2D eigenvalue weighted by molar-refractivity contribution is -0.117. The first kappa shape index (κ1) is 11.3. The highest BCUT2D eigenvalue weighted by molar-refractivity contribution is 7.88. The average molecular weight is 195 g/mol. The summed E-state index contributed by atoms with van der Waals surface area (Å²) in [7, 11) is -3.13. The van der Waals surface area contributed by atoms with Gasteiger partial charge < -0.3 is 11.1 Å². The molecule has 0 rings (SSSR count). The molecule has 0 fully saturated rings. The molecule has 12 heavy (non-hydrogen) atoms. The van der Waals surface area contributed by atoms with Crippen LogP contribution in [0.2, 0.25) is 0 Å². The van der Waals surface area contributed by atoms with Gasteiger partial charge in [0, 0.05) is 13.1 Å². The van der Waals surface area contributed by atoms with E-state index in [1.807, 2.05) is 0 Å². The Hall–Kier alpha value is -0.660. The molecule has 0 aliphatic carbocycles. The zero-order valence-corrected chi connectivity index (χ0v) is 7.65. The van der Waals surface area contributed by atoms with Gasteiger partial charge >= 0.3 is 0 Å². The smallest absolute Gasteiger partial charge is 0.231 e. The average Bonchev–Trinajstić information content (AvgIpc) is 1.83. The number of carbonyl (C=O) groups is 1. The first-order valence-corrected chi connectivity index (χ1v) is 5.24. The Kier molecular flexibility index (Phi) is 4.79. The van der Waals surface area contributed by atoms with Crippen LogP contribution >= 0.6 is 0 Å². The third kappa shape index (κ3) is 9.34. The summed E-state index contributed by atoms with van der Waals surface area (Å²) >= 11 is 0. The summed E-state index contributed by atoms with van der Waals surface area (Å²) < 4.78 is 23.2. The Morgan fingerprint density at radius 1 is 1.42 bits per heavy atom. The fourth-order valence-corrected chi connectivity index (χ4v) is 1.01. The highest BCUT2D eigenvalue weighted by Gasteiger charge is 1.98. The molecule has 0 aromatic rings. The van der Waals surface area contributed by atoms with Crippen LogP contribution in [0.5, 0.6) is 0 Å². The van der Waals surface area contributed by atoms with E-state index in [9.17, 15) is 13.2 Å². The van der Waals surface area contributed by atoms with Crippen LogP contribution in [0.25, 0.3) is 0 Å². The quantitative estimate of drug-likeness (QED) is 0.411. The summed E-state index contributed by atoms with van der Waals surface area (Å²) in [5.74, 6) is -0.464. The van der Waals surface area contributed by atoms with E-state index in [1.54, 1.807) is 0 Å². The van der Waals surface area contributed by atoms with E-state index in [-0.39, 0.29) is 13.1 Å². The molecule has 1 amide bonds. The Balaban J connectivity index is 3.29. The van der Waals surface area contributed by atoms with Gasteiger partial charge in [-0.25, -0.2) is 13.1 Å². The molecule has 0 aliphatic heterocycles. The Morgan fingerprint density at radius 3 is 2.42 bits per heavy atom. The van der Waals surface area contributed by atoms with Crippen LogP contribution in [0.3, 0.4) is 0 Å². The van der Waals surface area contributed by atoms with Crippen molar-refractivity contribution in [1.29, 1.82) is 0 Å². The van der Waals surface area contributed by atoms with Gasteiger partial charge in [-0.2, -0.15) is 0 Å². The maximum absolute atomic E-state index is 10.5. The van der Waals surface area contributed by atoms with E-state index in [4.69, 9.17) is 5.73 Å². The number of hydrogen-bond acceptors (Lipinski definition) is 4. The minimum absolute atomic E-state index is 0.0610. The van der Waals surface area contributed by atoms with E-state index in [2.05, 4.69) is 10.0 Å². The van der Waals surface area contributed by atoms with Crippen molar-refractivity contribution < 1.29 is 13.2 Å². The zero-order valence-electron chi connectivity index (χ0n) is 6.83. The molecule has 0 spiro atoms. The van der Waals surface area contributed by atoms with Crippen LogP contribution < -0.4 is 15.8 Å². The number of amides is 1. The molecule has 0 bridgehead atoms. The summed E-state index contributed by atoms with van der Waals surface area (Å²) in [6.07, 6.45) is 1.07. The van der Waals surface area contributed by atoms with Gasteiger partial charge in [-0.1, -0.05) is 0 Å². The molecule has 72 valence electrons. The van der Waals surface area contributed by atoms with Gasteiger partial charge in [0.1, 0.15) is 0 Å². The van der Waals surface area contributed by atoms with Crippen LogP contribution in [0.15, 0.2) is 0 Å². The molecule has 0 saturated carbocycles. The third-order valence-corrected chi connectivity index (χ3v) is 1.69. The molecule has 6 nitrogen and oxygen atoms in total. The van der Waals surface area contributed by atoms with Gasteiger partial charge in [-0.05, 0) is 0 Å². The zero-order chi connectivity index (χ0) is 9.61. The molecule has 0 atom stereocenters. The number of primary amides is 1. The van der Waals surface area contributed by atoms with Gasteiger partial charge in [-0.15, -0.1) is 0 Å². The lowest BCUT2D eigenvalue weighted by Gasteiger charge is -2.02. The van der Waals surface area contributed by atoms with Crippen molar-refractivity contribution >= 4 is 15.9 Å². The summed E-state index contributed by atoms with van der Waals surface area (Å²) in [6, 6.07) is 0. The van der Waals surface area contributed by atoms with Crippen molar-refractivity contribution in [3.8, 4) is 0 Å². The number of hydrogen-bond donors (Lipinski definition) is 3. The maximum atomic E-state index is 10.5. The molecular weight excluding hydrogens is 182 g/mol. The largest absolute Gasteiger partial charge is 0.369 e. The summed E-state index contributed by atoms with van der Waals surface area (Å²) in [5.41, 5.74) is 4.82. The van der Waals surface area contributed by atoms with Crippen LogP contribution in [-0.4, -0.2) is 40.2 Å². The summed E-state index contributed by atoms with van der Waals surface area (Å²) in [5, 5.41) is 2.66. The van der Waals surface area contributed by atoms with Crippen molar-refractivity contribution in [3.63, 3.8) is 0 Å². The Bertz CT molecular complexity index is 236. The van der Waals surface area contributed by atoms with Crippen molar-refractivity contribution in [2.75, 3.05) is 25.9 Å². The van der Waals surface area contributed by atoms with Crippen LogP contribution in [0.1, 0.15) is 0 Å². The lowest BCUT2D eigenvalue weighted by Crippen LogP contribution is -2.35. The van der Waals surface area contributed by atoms with Gasteiger partial charge in [0.25, 0.3) is 0 Å². The summed E-state index contributed by atoms with van der Waals surface area (Å²) in [6.45, 7) is 0.702. The van der Waals surface area contributed by atoms with Crippen molar-refractivity contribution in [3.05, 3.63) is 0 Å². The lowest BCUT2D eigenvalue weighted by atomic mass is 10.5. The standard InChI is InChI=1S/C5H13N3O3S/c1-12(10,11)8-3-2-7-4-5(6)9/h7-8H,2-4H2,1H3,(H2,6,9). The number of nitrogens with one attached hydrogen (secondary N) is 2. The highest BCUT2D eigenvalue weighted by Crippen LogP contribution is 1.70. The topological polar surface area (TPSA) is 101 Å². The molecule has 0 radical (unpaired) electrons. The van der Waals surface area contributed by atoms with Crippen LogP contribution in [0, 0.1) is 0 Å². The predicted octanol–water partition coefficient (Wildman–Crippen LogP) is -2.39. The van der Waals surface area contributed by atoms with Crippen molar-refractivity contribution in [2.45, 2.75) is 0 Å². The SMILES string of the molecule is CS(=O)(=O)NCCNCC(N)=O. The molecule has 0 unspecified atom stereocenters. The molecule has 0 aliphatic rings. The molecule has 0 saturated heterocycles. The molecular formula is C5H13N3O3S. The van der Waals surface area contributed by atoms with E-state index < -0.39 is 15.9 Å². The number of sulfonamides is 1. The number of carbonyl (C=O) groups excluding carboxylic acids is 1. The number of nitrogens with two attached hydrogens (primary N) is 1. The molecule has 0 heterocycles. The van der Waals surface area contributed by atoms with Crippen molar-refractivity contribution in [1.82, 2.24) is 10.0 Å². The second-order valence-corrected chi connectivity index (χ2v) is 4.14. The normalized spacial score (nSPS) is 11.4. The van der Waals surface area contributed by atoms with Gasteiger partial charge in [-0.3, -0.25) is 4.79 Å². The highest BCUT2D eigenvalue weighted by atomic mass is 32.2. The van der Waals surface area contributed by atoms with Gasteiger partial charge in [0.15, 0.2) is 0 Å². The molecule has 7 heteroatoms. The maximum Gasteiger partial charge on any atom is 0.231 e. The predicted molar refractivity (Wildman–Crippen MR) is 44.9 cm³/mol. The minimum Gasteiger partial charge on any atom is -0.369 e. The van der Waals surface area contributed by atoms with Crippen LogP contribution in [-0.2, 0) is 14.8 Å². The summed E-state index contributed by atoms with van der Waals surface area (Å²) in [4.78, 5) is 10.2. The van der Waals surface area contributed by atoms with Gasteiger partial charge in [0.05, 0.1) is 12.8 Å². The van der Waals surface area contributed by atoms with E-state index >= 15 is 0 Å².